The molecule has 0 amide bonds. The number of hydrogen-bond acceptors (Lipinski definition) is 13. The molecule has 5 aromatic heterocycles. The Hall–Kier alpha value is -10.2. The summed E-state index contributed by atoms with van der Waals surface area (Å²) in [6.07, 6.45) is 0.905. The van der Waals surface area contributed by atoms with Crippen LogP contribution >= 0.6 is 79.9 Å². The molecule has 13 aromatic carbocycles. The molecule has 0 aliphatic carbocycles. The maximum absolute atomic E-state index is 12.5. The van der Waals surface area contributed by atoms with Gasteiger partial charge in [0.15, 0.2) is 27.1 Å². The van der Waals surface area contributed by atoms with E-state index in [0.717, 1.165) is 130 Å². The second-order valence-electron chi connectivity index (χ2n) is 25.8. The van der Waals surface area contributed by atoms with Gasteiger partial charge in [-0.15, -0.1) is 56.7 Å². The summed E-state index contributed by atoms with van der Waals surface area (Å²) in [6, 6.07) is 80.6. The first kappa shape index (κ1) is 74.1. The second-order valence-corrected chi connectivity index (χ2v) is 31.9. The van der Waals surface area contributed by atoms with Crippen molar-refractivity contribution in [2.24, 2.45) is 0 Å². The summed E-state index contributed by atoms with van der Waals surface area (Å²) in [5.41, 5.74) is 5.26. The van der Waals surface area contributed by atoms with Crippen molar-refractivity contribution in [1.29, 1.82) is 0 Å². The lowest BCUT2D eigenvalue weighted by atomic mass is 10.0. The molecule has 0 bridgehead atoms. The zero-order valence-electron chi connectivity index (χ0n) is 59.6. The van der Waals surface area contributed by atoms with Gasteiger partial charge in [-0.1, -0.05) is 203 Å². The number of halogens is 2. The Kier molecular flexibility index (Phi) is 22.8. The van der Waals surface area contributed by atoms with E-state index in [0.29, 0.717) is 43.8 Å². The van der Waals surface area contributed by atoms with Gasteiger partial charge in [-0.2, -0.15) is 0 Å². The predicted molar refractivity (Wildman–Crippen MR) is 461 cm³/mol. The number of aryl methyl sites for hydroxylation is 2. The largest absolute Gasteiger partial charge is 0.495 e. The van der Waals surface area contributed by atoms with Gasteiger partial charge < -0.3 is 14.2 Å². The highest BCUT2D eigenvalue weighted by Gasteiger charge is 2.18. The van der Waals surface area contributed by atoms with E-state index in [4.69, 9.17) is 37.4 Å². The smallest absolute Gasteiger partial charge is 0.197 e. The van der Waals surface area contributed by atoms with Crippen LogP contribution in [0.25, 0.3) is 122 Å². The van der Waals surface area contributed by atoms with Gasteiger partial charge in [0, 0.05) is 107 Å². The molecule has 0 aliphatic heterocycles. The molecule has 8 nitrogen and oxygen atoms in total. The second kappa shape index (κ2) is 32.7. The summed E-state index contributed by atoms with van der Waals surface area (Å²) < 4.78 is 26.7. The van der Waals surface area contributed by atoms with Gasteiger partial charge >= 0.3 is 0 Å². The van der Waals surface area contributed by atoms with Gasteiger partial charge in [0.1, 0.15) is 17.2 Å². The summed E-state index contributed by atoms with van der Waals surface area (Å²) in [6.45, 7) is 12.7. The number of fused-ring (bicyclic) bond motifs is 12. The van der Waals surface area contributed by atoms with Crippen molar-refractivity contribution in [3.05, 3.63) is 332 Å². The van der Waals surface area contributed by atoms with Crippen LogP contribution in [0.1, 0.15) is 68.7 Å². The molecule has 18 rings (SSSR count). The van der Waals surface area contributed by atoms with Gasteiger partial charge in [-0.25, -0.2) is 0 Å². The third-order valence-corrected chi connectivity index (χ3v) is 25.1. The molecule has 0 aliphatic rings. The van der Waals surface area contributed by atoms with E-state index in [1.165, 1.54) is 28.0 Å². The molecule has 0 unspecified atom stereocenters. The van der Waals surface area contributed by atoms with Crippen LogP contribution in [-0.2, 0) is 6.42 Å². The van der Waals surface area contributed by atoms with E-state index in [-0.39, 0.29) is 27.1 Å². The van der Waals surface area contributed by atoms with Gasteiger partial charge in [-0.3, -0.25) is 24.0 Å². The molecule has 5 heterocycles. The summed E-state index contributed by atoms with van der Waals surface area (Å²) >= 11 is 20.6. The van der Waals surface area contributed by atoms with Gasteiger partial charge in [0.05, 0.1) is 46.8 Å². The zero-order valence-corrected chi connectivity index (χ0v) is 65.2. The van der Waals surface area contributed by atoms with Crippen molar-refractivity contribution in [1.82, 2.24) is 0 Å². The Bertz CT molecular complexity index is 6450. The normalized spacial score (nSPS) is 11.2. The first-order valence-electron chi connectivity index (χ1n) is 34.6. The average molecular weight is 1520 g/mol. The van der Waals surface area contributed by atoms with Crippen molar-refractivity contribution in [3.8, 4) is 17.2 Å². The Morgan fingerprint density at radius 1 is 0.321 bits per heavy atom. The number of ether oxygens (including phenoxy) is 3. The summed E-state index contributed by atoms with van der Waals surface area (Å²) in [5, 5.41) is 13.0. The van der Waals surface area contributed by atoms with Crippen molar-refractivity contribution < 1.29 is 14.2 Å². The Morgan fingerprint density at radius 3 is 1.11 bits per heavy atom. The van der Waals surface area contributed by atoms with E-state index >= 15 is 0 Å². The molecule has 0 saturated carbocycles. The fourth-order valence-electron chi connectivity index (χ4n) is 13.1. The first-order valence-corrected chi connectivity index (χ1v) is 39.4. The quantitative estimate of drug-likeness (QED) is 0.151. The fraction of sp³-hybridized carbons (Fsp3) is 0.132. The highest BCUT2D eigenvalue weighted by molar-refractivity contribution is 7.26. The molecule has 0 spiro atoms. The summed E-state index contributed by atoms with van der Waals surface area (Å²) in [4.78, 5) is 62.1. The van der Waals surface area contributed by atoms with Crippen LogP contribution in [0.5, 0.6) is 17.2 Å². The molecule has 0 fully saturated rings. The third-order valence-electron chi connectivity index (χ3n) is 18.5. The number of rotatable bonds is 6. The maximum atomic E-state index is 12.5. The van der Waals surface area contributed by atoms with Crippen LogP contribution in [0.3, 0.4) is 0 Å². The average Bonchev–Trinajstić information content (AvgIpc) is 0.785. The molecule has 528 valence electrons. The number of methoxy groups -OCH3 is 3. The highest BCUT2D eigenvalue weighted by atomic mass is 35.5. The van der Waals surface area contributed by atoms with Crippen molar-refractivity contribution in [2.75, 3.05) is 21.3 Å². The molecule has 15 heteroatoms. The van der Waals surface area contributed by atoms with E-state index in [1.54, 1.807) is 78.8 Å². The summed E-state index contributed by atoms with van der Waals surface area (Å²) in [7, 11) is 5.01. The monoisotopic (exact) mass is 1520 g/mol. The zero-order chi connectivity index (χ0) is 74.4. The fourth-order valence-corrected chi connectivity index (χ4v) is 19.6. The van der Waals surface area contributed by atoms with E-state index in [9.17, 15) is 24.0 Å². The van der Waals surface area contributed by atoms with Crippen LogP contribution in [-0.4, -0.2) is 21.3 Å². The molecule has 0 radical (unpaired) electrons. The minimum absolute atomic E-state index is 0.0387. The predicted octanol–water partition coefficient (Wildman–Crippen LogP) is 25.5. The van der Waals surface area contributed by atoms with E-state index < -0.39 is 0 Å². The molecule has 0 saturated heterocycles. The number of benzene rings is 13. The highest BCUT2D eigenvalue weighted by Crippen LogP contribution is 2.43. The Morgan fingerprint density at radius 2 is 0.679 bits per heavy atom. The van der Waals surface area contributed by atoms with Gasteiger partial charge in [0.2, 0.25) is 0 Å². The molecule has 106 heavy (non-hydrogen) atoms. The standard InChI is InChI=1S/C16H14O2.2C16H14OS.C15H11ClOS.C14H9ClO2S.C14H10OS/c1-17-15-11-7-3-5-9-13(11)16(18-2)14-10-6-4-8-12(14)15;1-10(2)11-7-5-8-13-15(17)12-6-3-4-9-14(12)18-16(11)13;1-10(2)11-7-8-15-13(9-11)16(17)12-5-3-4-6-14(12)18-15;1-2-9-7-8-11(16)13-14(17)10-5-3-4-6-12(10)18-15(9)13;1-17-10-7-6-9(15)12-13(16)8-4-2-3-5-11(8)18-14(10)12;1-9-6-7-13-11(8-9)14(15)10-4-2-3-5-12(10)16-13/h3*3-10H,1-2H3;3-8H,2H2,1H3;2-7H,1H3;2-8H,1H3. The number of hydrogen-bond donors (Lipinski definition) is 0. The van der Waals surface area contributed by atoms with E-state index in [1.807, 2.05) is 201 Å². The Labute approximate surface area is 641 Å². The van der Waals surface area contributed by atoms with Crippen molar-refractivity contribution in [2.45, 2.75) is 59.8 Å². The lowest BCUT2D eigenvalue weighted by Crippen LogP contribution is -2.02. The lowest BCUT2D eigenvalue weighted by molar-refractivity contribution is 0.417. The van der Waals surface area contributed by atoms with E-state index in [2.05, 4.69) is 77.1 Å². The Balaban J connectivity index is 0.000000113. The minimum Gasteiger partial charge on any atom is -0.495 e. The minimum atomic E-state index is -0.0387. The third kappa shape index (κ3) is 14.9. The topological polar surface area (TPSA) is 113 Å². The van der Waals surface area contributed by atoms with Crippen molar-refractivity contribution in [3.63, 3.8) is 0 Å². The van der Waals surface area contributed by atoms with Crippen molar-refractivity contribution >= 4 is 202 Å². The SMILES string of the molecule is CC(C)c1ccc2sc3ccccc3c(=O)c2c1.CC(C)c1cccc2c(=O)c3ccccc3sc12.CCc1ccc(Cl)c2c(=O)c3ccccc3sc12.COc1c2ccccc2c(OC)c2ccccc12.COc1ccc(Cl)c2c(=O)c3ccccc3sc12.Cc1ccc2sc3ccccc3c(=O)c2c1. The van der Waals surface area contributed by atoms with Crippen LogP contribution < -0.4 is 41.4 Å². The summed E-state index contributed by atoms with van der Waals surface area (Å²) in [5.74, 6) is 3.38. The molecule has 0 N–H and O–H groups in total. The maximum Gasteiger partial charge on any atom is 0.197 e. The van der Waals surface area contributed by atoms with Crippen LogP contribution in [0, 0.1) is 6.92 Å². The first-order chi connectivity index (χ1) is 51.4. The molecule has 18 aromatic rings. The van der Waals surface area contributed by atoms with Crippen LogP contribution in [0.2, 0.25) is 10.0 Å². The van der Waals surface area contributed by atoms with Gasteiger partial charge in [0.25, 0.3) is 0 Å². The molecule has 0 atom stereocenters. The molecular formula is C91H72Cl2O8S5. The van der Waals surface area contributed by atoms with Gasteiger partial charge in [-0.05, 0) is 151 Å². The lowest BCUT2D eigenvalue weighted by Gasteiger charge is -2.14. The van der Waals surface area contributed by atoms with Crippen LogP contribution in [0.4, 0.5) is 0 Å². The van der Waals surface area contributed by atoms with Crippen LogP contribution in [0.15, 0.2) is 273 Å². The molecular weight excluding hydrogens is 1450 g/mol.